The lowest BCUT2D eigenvalue weighted by atomic mass is 9.89. The maximum atomic E-state index is 11.9. The molecule has 5 nitrogen and oxygen atoms in total. The van der Waals surface area contributed by atoms with E-state index in [2.05, 4.69) is 5.32 Å². The Hall–Kier alpha value is -1.40. The zero-order valence-corrected chi connectivity index (χ0v) is 11.4. The Kier molecular flexibility index (Phi) is 7.74. The molecule has 2 N–H and O–H groups in total. The van der Waals surface area contributed by atoms with Crippen LogP contribution in [-0.2, 0) is 14.9 Å². The number of rotatable bonds is 4. The van der Waals surface area contributed by atoms with Gasteiger partial charge in [-0.1, -0.05) is 41.7 Å². The maximum absolute atomic E-state index is 11.9. The van der Waals surface area contributed by atoms with Gasteiger partial charge in [0.05, 0.1) is 4.90 Å². The minimum Gasteiger partial charge on any atom is -0.326 e. The molecule has 1 rings (SSSR count). The molecule has 0 aromatic heterocycles. The SMILES string of the molecule is C.C.CCC(C)(C)C(=O)Nc1cccc(S(=O)(=O)O)c1. The molecule has 0 unspecified atom stereocenters. The fourth-order valence-electron chi connectivity index (χ4n) is 1.20. The number of hydrogen-bond acceptors (Lipinski definition) is 3. The zero-order chi connectivity index (χ0) is 14.0. The van der Waals surface area contributed by atoms with Gasteiger partial charge in [-0.05, 0) is 24.6 Å². The average Bonchev–Trinajstić information content (AvgIpc) is 2.28. The van der Waals surface area contributed by atoms with Crippen LogP contribution in [-0.4, -0.2) is 18.9 Å². The molecule has 0 radical (unpaired) electrons. The van der Waals surface area contributed by atoms with E-state index in [-0.39, 0.29) is 25.7 Å². The Morgan fingerprint density at radius 3 is 2.30 bits per heavy atom. The van der Waals surface area contributed by atoms with Gasteiger partial charge in [-0.2, -0.15) is 8.42 Å². The number of anilines is 1. The van der Waals surface area contributed by atoms with Gasteiger partial charge < -0.3 is 5.32 Å². The molecular formula is C14H25NO4S. The van der Waals surface area contributed by atoms with Gasteiger partial charge in [0, 0.05) is 11.1 Å². The van der Waals surface area contributed by atoms with Crippen molar-refractivity contribution in [3.05, 3.63) is 24.3 Å². The van der Waals surface area contributed by atoms with E-state index in [1.54, 1.807) is 19.9 Å². The molecule has 0 saturated heterocycles. The molecule has 0 saturated carbocycles. The van der Waals surface area contributed by atoms with Crippen molar-refractivity contribution in [2.24, 2.45) is 5.41 Å². The van der Waals surface area contributed by atoms with Crippen LogP contribution in [0.5, 0.6) is 0 Å². The van der Waals surface area contributed by atoms with Crippen LogP contribution in [0.2, 0.25) is 0 Å². The summed E-state index contributed by atoms with van der Waals surface area (Å²) in [7, 11) is -4.25. The molecule has 6 heteroatoms. The molecule has 1 aromatic rings. The van der Waals surface area contributed by atoms with Crippen molar-refractivity contribution in [2.45, 2.75) is 46.9 Å². The highest BCUT2D eigenvalue weighted by molar-refractivity contribution is 7.85. The summed E-state index contributed by atoms with van der Waals surface area (Å²) in [6.07, 6.45) is 0.664. The summed E-state index contributed by atoms with van der Waals surface area (Å²) in [5.41, 5.74) is -0.190. The fourth-order valence-corrected chi connectivity index (χ4v) is 1.72. The van der Waals surface area contributed by atoms with Gasteiger partial charge in [0.25, 0.3) is 10.1 Å². The van der Waals surface area contributed by atoms with Gasteiger partial charge >= 0.3 is 0 Å². The van der Waals surface area contributed by atoms with E-state index >= 15 is 0 Å². The third-order valence-corrected chi connectivity index (χ3v) is 3.74. The Morgan fingerprint density at radius 1 is 1.30 bits per heavy atom. The van der Waals surface area contributed by atoms with Crippen molar-refractivity contribution in [3.63, 3.8) is 0 Å². The molecule has 0 aliphatic rings. The molecule has 0 spiro atoms. The second-order valence-electron chi connectivity index (χ2n) is 4.69. The van der Waals surface area contributed by atoms with Crippen LogP contribution < -0.4 is 5.32 Å². The van der Waals surface area contributed by atoms with E-state index in [1.165, 1.54) is 18.2 Å². The first-order chi connectivity index (χ1) is 8.16. The summed E-state index contributed by atoms with van der Waals surface area (Å²) in [6, 6.07) is 5.50. The summed E-state index contributed by atoms with van der Waals surface area (Å²) < 4.78 is 30.8. The first kappa shape index (κ1) is 20.9. The first-order valence-electron chi connectivity index (χ1n) is 5.56. The number of amides is 1. The Morgan fingerprint density at radius 2 is 1.85 bits per heavy atom. The summed E-state index contributed by atoms with van der Waals surface area (Å²) in [6.45, 7) is 5.50. The van der Waals surface area contributed by atoms with Crippen molar-refractivity contribution in [2.75, 3.05) is 5.32 Å². The molecule has 116 valence electrons. The summed E-state index contributed by atoms with van der Waals surface area (Å²) in [5.74, 6) is -0.197. The average molecular weight is 303 g/mol. The molecule has 0 fully saturated rings. The van der Waals surface area contributed by atoms with Crippen LogP contribution >= 0.6 is 0 Å². The number of hydrogen-bond donors (Lipinski definition) is 2. The molecule has 0 heterocycles. The Bertz CT molecular complexity index is 550. The Labute approximate surface area is 122 Å². The fraction of sp³-hybridized carbons (Fsp3) is 0.500. The minimum absolute atomic E-state index is 0. The van der Waals surface area contributed by atoms with E-state index in [9.17, 15) is 13.2 Å². The third kappa shape index (κ3) is 5.30. The van der Waals surface area contributed by atoms with Crippen LogP contribution in [0.4, 0.5) is 5.69 Å². The van der Waals surface area contributed by atoms with Crippen molar-refractivity contribution >= 4 is 21.7 Å². The topological polar surface area (TPSA) is 83.5 Å². The molecule has 20 heavy (non-hydrogen) atoms. The lowest BCUT2D eigenvalue weighted by Crippen LogP contribution is -2.30. The third-order valence-electron chi connectivity index (χ3n) is 2.89. The van der Waals surface area contributed by atoms with E-state index in [0.29, 0.717) is 12.1 Å². The van der Waals surface area contributed by atoms with Crippen molar-refractivity contribution in [1.29, 1.82) is 0 Å². The van der Waals surface area contributed by atoms with Crippen molar-refractivity contribution in [3.8, 4) is 0 Å². The Balaban J connectivity index is 0. The highest BCUT2D eigenvalue weighted by Crippen LogP contribution is 2.23. The van der Waals surface area contributed by atoms with Crippen LogP contribution in [0.3, 0.4) is 0 Å². The highest BCUT2D eigenvalue weighted by atomic mass is 32.2. The molecular weight excluding hydrogens is 278 g/mol. The standard InChI is InChI=1S/C12H17NO4S.2CH4/c1-4-12(2,3)11(14)13-9-6-5-7-10(8-9)18(15,16)17;;/h5-8H,4H2,1-3H3,(H,13,14)(H,15,16,17);2*1H4. The summed E-state index contributed by atoms with van der Waals surface area (Å²) in [5, 5.41) is 2.63. The van der Waals surface area contributed by atoms with Crippen molar-refractivity contribution in [1.82, 2.24) is 0 Å². The molecule has 0 atom stereocenters. The monoisotopic (exact) mass is 303 g/mol. The van der Waals surface area contributed by atoms with Crippen molar-refractivity contribution < 1.29 is 17.8 Å². The second kappa shape index (κ2) is 7.40. The largest absolute Gasteiger partial charge is 0.326 e. The quantitative estimate of drug-likeness (QED) is 0.833. The number of carbonyl (C=O) groups excluding carboxylic acids is 1. The van der Waals surface area contributed by atoms with Gasteiger partial charge in [-0.3, -0.25) is 9.35 Å². The lowest BCUT2D eigenvalue weighted by Gasteiger charge is -2.21. The second-order valence-corrected chi connectivity index (χ2v) is 6.12. The molecule has 0 aliphatic heterocycles. The van der Waals surface area contributed by atoms with Gasteiger partial charge in [0.15, 0.2) is 0 Å². The normalized spacial score (nSPS) is 11.0. The van der Waals surface area contributed by atoms with Gasteiger partial charge in [-0.15, -0.1) is 0 Å². The molecule has 0 aliphatic carbocycles. The number of nitrogens with one attached hydrogen (secondary N) is 1. The lowest BCUT2D eigenvalue weighted by molar-refractivity contribution is -0.124. The van der Waals surface area contributed by atoms with Gasteiger partial charge in [0.2, 0.25) is 5.91 Å². The zero-order valence-electron chi connectivity index (χ0n) is 10.6. The minimum atomic E-state index is -4.25. The van der Waals surface area contributed by atoms with Crippen LogP contribution in [0, 0.1) is 5.41 Å². The first-order valence-corrected chi connectivity index (χ1v) is 7.00. The van der Waals surface area contributed by atoms with E-state index in [0.717, 1.165) is 0 Å². The molecule has 0 bridgehead atoms. The number of carbonyl (C=O) groups is 1. The van der Waals surface area contributed by atoms with Gasteiger partial charge in [-0.25, -0.2) is 0 Å². The predicted octanol–water partition coefficient (Wildman–Crippen LogP) is 3.58. The smallest absolute Gasteiger partial charge is 0.294 e. The predicted molar refractivity (Wildman–Crippen MR) is 82.4 cm³/mol. The maximum Gasteiger partial charge on any atom is 0.294 e. The number of benzene rings is 1. The van der Waals surface area contributed by atoms with Crippen LogP contribution in [0.1, 0.15) is 42.0 Å². The summed E-state index contributed by atoms with van der Waals surface area (Å²) in [4.78, 5) is 11.7. The van der Waals surface area contributed by atoms with Gasteiger partial charge in [0.1, 0.15) is 0 Å². The summed E-state index contributed by atoms with van der Waals surface area (Å²) >= 11 is 0. The van der Waals surface area contributed by atoms with Crippen LogP contribution in [0.25, 0.3) is 0 Å². The van der Waals surface area contributed by atoms with Crippen LogP contribution in [0.15, 0.2) is 29.2 Å². The van der Waals surface area contributed by atoms with E-state index in [4.69, 9.17) is 4.55 Å². The molecule has 1 amide bonds. The van der Waals surface area contributed by atoms with E-state index < -0.39 is 15.5 Å². The molecule has 1 aromatic carbocycles. The van der Waals surface area contributed by atoms with E-state index in [1.807, 2.05) is 6.92 Å². The highest BCUT2D eigenvalue weighted by Gasteiger charge is 2.25.